The maximum atomic E-state index is 2.45. The largest absolute Gasteiger partial charge is 0.310 e. The molecule has 74 heavy (non-hydrogen) atoms. The van der Waals surface area contributed by atoms with Gasteiger partial charge < -0.3 is 14.0 Å². The van der Waals surface area contributed by atoms with Gasteiger partial charge in [0.1, 0.15) is 0 Å². The lowest BCUT2D eigenvalue weighted by atomic mass is 9.68. The predicted molar refractivity (Wildman–Crippen MR) is 310 cm³/mol. The molecule has 0 atom stereocenters. The number of aromatic nitrogens is 2. The highest BCUT2D eigenvalue weighted by Gasteiger charge is 2.45. The molecule has 0 saturated carbocycles. The van der Waals surface area contributed by atoms with Gasteiger partial charge in [0.05, 0.1) is 38.9 Å². The van der Waals surface area contributed by atoms with Gasteiger partial charge in [0, 0.05) is 49.4 Å². The molecule has 2 aromatic heterocycles. The maximum absolute atomic E-state index is 2.45. The third-order valence-electron chi connectivity index (χ3n) is 15.8. The molecule has 0 N–H and O–H groups in total. The molecule has 346 valence electrons. The fraction of sp³-hybridized carbons (Fsp3) is 0.0141. The Hall–Kier alpha value is -9.70. The zero-order valence-electron chi connectivity index (χ0n) is 40.5. The van der Waals surface area contributed by atoms with E-state index in [2.05, 4.69) is 299 Å². The van der Waals surface area contributed by atoms with Crippen molar-refractivity contribution in [2.45, 2.75) is 5.41 Å². The van der Waals surface area contributed by atoms with Gasteiger partial charge in [0.15, 0.2) is 0 Å². The Bertz CT molecular complexity index is 4330. The summed E-state index contributed by atoms with van der Waals surface area (Å²) in [5, 5.41) is 7.36. The molecule has 0 aliphatic heterocycles. The van der Waals surface area contributed by atoms with Crippen molar-refractivity contribution in [2.24, 2.45) is 0 Å². The number of benzene rings is 12. The van der Waals surface area contributed by atoms with Crippen LogP contribution >= 0.6 is 0 Å². The van der Waals surface area contributed by atoms with Crippen molar-refractivity contribution < 1.29 is 0 Å². The molecule has 0 bridgehead atoms. The summed E-state index contributed by atoms with van der Waals surface area (Å²) in [6, 6.07) is 105. The van der Waals surface area contributed by atoms with Crippen LogP contribution in [0.4, 0.5) is 17.1 Å². The summed E-state index contributed by atoms with van der Waals surface area (Å²) in [7, 11) is 0. The average molecular weight is 942 g/mol. The van der Waals surface area contributed by atoms with Crippen LogP contribution in [-0.2, 0) is 5.41 Å². The molecule has 0 fully saturated rings. The Kier molecular flexibility index (Phi) is 9.48. The number of fused-ring (bicyclic) bond motifs is 10. The Balaban J connectivity index is 0.906. The molecule has 0 unspecified atom stereocenters. The Morgan fingerprint density at radius 2 is 0.730 bits per heavy atom. The second kappa shape index (κ2) is 16.7. The Morgan fingerprint density at radius 3 is 1.30 bits per heavy atom. The first kappa shape index (κ1) is 42.0. The molecular weight excluding hydrogens is 895 g/mol. The molecule has 0 saturated heterocycles. The molecule has 0 radical (unpaired) electrons. The smallest absolute Gasteiger partial charge is 0.0713 e. The van der Waals surface area contributed by atoms with Crippen LogP contribution in [0.1, 0.15) is 22.3 Å². The van der Waals surface area contributed by atoms with Crippen molar-refractivity contribution in [3.05, 3.63) is 307 Å². The highest BCUT2D eigenvalue weighted by molar-refractivity contribution is 6.12. The predicted octanol–water partition coefficient (Wildman–Crippen LogP) is 18.5. The SMILES string of the molecule is c1ccc(C2(c3ccc(N(c4ccc(-c5cccc(-n6c7ccccc7c7ccccc76)c5)cc4)c4ccc(-n5c6ccccc6c6ccccc65)c5ccccc45)cc3)c3ccccc3-c3ccccc32)cc1. The van der Waals surface area contributed by atoms with E-state index in [9.17, 15) is 0 Å². The van der Waals surface area contributed by atoms with Crippen LogP contribution in [-0.4, -0.2) is 9.13 Å². The number of anilines is 3. The highest BCUT2D eigenvalue weighted by atomic mass is 15.1. The number of para-hydroxylation sites is 4. The zero-order valence-corrected chi connectivity index (χ0v) is 40.5. The van der Waals surface area contributed by atoms with E-state index in [4.69, 9.17) is 0 Å². The molecule has 14 aromatic rings. The van der Waals surface area contributed by atoms with Gasteiger partial charge in [-0.2, -0.15) is 0 Å². The van der Waals surface area contributed by atoms with Gasteiger partial charge in [-0.3, -0.25) is 0 Å². The van der Waals surface area contributed by atoms with E-state index in [1.54, 1.807) is 0 Å². The lowest BCUT2D eigenvalue weighted by Gasteiger charge is -2.34. The number of nitrogens with zero attached hydrogens (tertiary/aromatic N) is 3. The molecule has 2 heterocycles. The van der Waals surface area contributed by atoms with Crippen molar-refractivity contribution in [1.29, 1.82) is 0 Å². The average Bonchev–Trinajstić information content (AvgIpc) is 4.14. The lowest BCUT2D eigenvalue weighted by molar-refractivity contribution is 0.768. The van der Waals surface area contributed by atoms with Crippen LogP contribution in [0.2, 0.25) is 0 Å². The van der Waals surface area contributed by atoms with Gasteiger partial charge in [-0.25, -0.2) is 0 Å². The molecular formula is C71H47N3. The summed E-state index contributed by atoms with van der Waals surface area (Å²) in [6.07, 6.45) is 0. The zero-order chi connectivity index (χ0) is 48.7. The van der Waals surface area contributed by atoms with E-state index in [1.807, 2.05) is 0 Å². The van der Waals surface area contributed by atoms with Gasteiger partial charge in [0.25, 0.3) is 0 Å². The highest BCUT2D eigenvalue weighted by Crippen LogP contribution is 2.56. The van der Waals surface area contributed by atoms with Crippen LogP contribution < -0.4 is 4.90 Å². The van der Waals surface area contributed by atoms with Crippen molar-refractivity contribution in [3.8, 4) is 33.6 Å². The molecule has 0 amide bonds. The summed E-state index contributed by atoms with van der Waals surface area (Å²) in [5.74, 6) is 0. The van der Waals surface area contributed by atoms with E-state index in [0.29, 0.717) is 0 Å². The topological polar surface area (TPSA) is 13.1 Å². The van der Waals surface area contributed by atoms with E-state index in [-0.39, 0.29) is 0 Å². The van der Waals surface area contributed by atoms with Gasteiger partial charge in [0.2, 0.25) is 0 Å². The summed E-state index contributed by atoms with van der Waals surface area (Å²) in [6.45, 7) is 0. The third kappa shape index (κ3) is 6.20. The van der Waals surface area contributed by atoms with Gasteiger partial charge in [-0.15, -0.1) is 0 Å². The summed E-state index contributed by atoms with van der Waals surface area (Å²) >= 11 is 0. The van der Waals surface area contributed by atoms with Gasteiger partial charge in [-0.1, -0.05) is 212 Å². The maximum Gasteiger partial charge on any atom is 0.0713 e. The van der Waals surface area contributed by atoms with Crippen molar-refractivity contribution >= 4 is 71.4 Å². The van der Waals surface area contributed by atoms with E-state index >= 15 is 0 Å². The lowest BCUT2D eigenvalue weighted by Crippen LogP contribution is -2.28. The first-order chi connectivity index (χ1) is 36.7. The van der Waals surface area contributed by atoms with Crippen LogP contribution in [0.3, 0.4) is 0 Å². The van der Waals surface area contributed by atoms with Crippen LogP contribution in [0.5, 0.6) is 0 Å². The van der Waals surface area contributed by atoms with Crippen molar-refractivity contribution in [2.75, 3.05) is 4.90 Å². The first-order valence-electron chi connectivity index (χ1n) is 25.6. The van der Waals surface area contributed by atoms with Crippen molar-refractivity contribution in [1.82, 2.24) is 9.13 Å². The van der Waals surface area contributed by atoms with Gasteiger partial charge in [-0.05, 0) is 117 Å². The number of hydrogen-bond acceptors (Lipinski definition) is 1. The molecule has 3 heteroatoms. The second-order valence-corrected chi connectivity index (χ2v) is 19.6. The number of rotatable bonds is 8. The standard InChI is InChI=1S/C71H47N3/c1-2-20-50(21-3-1)71(63-31-12-6-23-55(63)56-24-7-13-32-64(56)71)51-39-43-53(44-40-51)72(69-45-46-70(62-26-5-4-25-61(62)69)74-67-35-16-10-29-59(67)60-30-11-17-36-68(60)74)52-41-37-48(38-42-52)49-19-18-22-54(47-49)73-65-33-14-8-27-57(65)58-28-9-15-34-66(58)73/h1-47H. The van der Waals surface area contributed by atoms with E-state index in [0.717, 1.165) is 39.6 Å². The van der Waals surface area contributed by atoms with Crippen LogP contribution in [0.25, 0.3) is 88.0 Å². The third-order valence-corrected chi connectivity index (χ3v) is 15.8. The molecule has 12 aromatic carbocycles. The Labute approximate surface area is 429 Å². The first-order valence-corrected chi connectivity index (χ1v) is 25.6. The Morgan fingerprint density at radius 1 is 0.284 bits per heavy atom. The van der Waals surface area contributed by atoms with E-state index < -0.39 is 5.41 Å². The second-order valence-electron chi connectivity index (χ2n) is 19.6. The summed E-state index contributed by atoms with van der Waals surface area (Å²) in [5.41, 5.74) is 19.8. The molecule has 3 nitrogen and oxygen atoms in total. The normalized spacial score (nSPS) is 12.7. The fourth-order valence-corrected chi connectivity index (χ4v) is 12.7. The van der Waals surface area contributed by atoms with Gasteiger partial charge >= 0.3 is 0 Å². The molecule has 1 aliphatic rings. The molecule has 0 spiro atoms. The molecule has 15 rings (SSSR count). The monoisotopic (exact) mass is 941 g/mol. The van der Waals surface area contributed by atoms with E-state index in [1.165, 1.54) is 87.8 Å². The fourth-order valence-electron chi connectivity index (χ4n) is 12.7. The van der Waals surface area contributed by atoms with Crippen molar-refractivity contribution in [3.63, 3.8) is 0 Å². The number of hydrogen-bond donors (Lipinski definition) is 0. The molecule has 1 aliphatic carbocycles. The summed E-state index contributed by atoms with van der Waals surface area (Å²) < 4.78 is 4.84. The van der Waals surface area contributed by atoms with Crippen LogP contribution in [0, 0.1) is 0 Å². The minimum atomic E-state index is -0.496. The minimum Gasteiger partial charge on any atom is -0.310 e. The summed E-state index contributed by atoms with van der Waals surface area (Å²) in [4.78, 5) is 2.45. The van der Waals surface area contributed by atoms with Crippen LogP contribution in [0.15, 0.2) is 285 Å². The minimum absolute atomic E-state index is 0.496. The quantitative estimate of drug-likeness (QED) is 0.148.